The van der Waals surface area contributed by atoms with E-state index in [1.54, 1.807) is 0 Å². The summed E-state index contributed by atoms with van der Waals surface area (Å²) in [5, 5.41) is 4.63. The topological polar surface area (TPSA) is 0 Å². The fourth-order valence-corrected chi connectivity index (χ4v) is 2.79. The van der Waals surface area contributed by atoms with Crippen molar-refractivity contribution >= 4 is 28.4 Å². The zero-order valence-corrected chi connectivity index (χ0v) is 7.78. The predicted molar refractivity (Wildman–Crippen MR) is 50.4 cm³/mol. The summed E-state index contributed by atoms with van der Waals surface area (Å²) < 4.78 is 0. The zero-order chi connectivity index (χ0) is 6.04. The molecular formula is C6H9IS. The van der Waals surface area contributed by atoms with E-state index in [1.807, 2.05) is 0 Å². The van der Waals surface area contributed by atoms with Gasteiger partial charge in [-0.2, -0.15) is 0 Å². The monoisotopic (exact) mass is 240 g/mol. The van der Waals surface area contributed by atoms with E-state index in [0.717, 1.165) is 0 Å². The number of hydrogen-bond acceptors (Lipinski definition) is 0. The van der Waals surface area contributed by atoms with Crippen LogP contribution in [0.1, 0.15) is 6.92 Å². The van der Waals surface area contributed by atoms with Crippen molar-refractivity contribution in [2.24, 2.45) is 0 Å². The second kappa shape index (κ2) is 2.43. The maximum atomic E-state index is 2.54. The number of rotatable bonds is 1. The SMILES string of the molecule is CCS1(I)C=CC=C1. The lowest BCUT2D eigenvalue weighted by atomic mass is 10.6. The molecule has 8 heavy (non-hydrogen) atoms. The fourth-order valence-electron chi connectivity index (χ4n) is 0.590. The minimum Gasteiger partial charge on any atom is -0.147 e. The van der Waals surface area contributed by atoms with Gasteiger partial charge in [0.2, 0.25) is 0 Å². The fraction of sp³-hybridized carbons (Fsp3) is 0.333. The Morgan fingerprint density at radius 2 is 1.88 bits per heavy atom. The van der Waals surface area contributed by atoms with Gasteiger partial charge in [0.05, 0.1) is 0 Å². The number of halogens is 1. The summed E-state index contributed by atoms with van der Waals surface area (Å²) in [5.41, 5.74) is 0. The summed E-state index contributed by atoms with van der Waals surface area (Å²) in [6.07, 6.45) is 4.29. The molecule has 0 atom stereocenters. The van der Waals surface area contributed by atoms with E-state index in [9.17, 15) is 0 Å². The van der Waals surface area contributed by atoms with Gasteiger partial charge in [0, 0.05) is 0 Å². The molecule has 0 radical (unpaired) electrons. The lowest BCUT2D eigenvalue weighted by Crippen LogP contribution is -1.79. The average molecular weight is 240 g/mol. The molecule has 0 aromatic heterocycles. The molecule has 46 valence electrons. The zero-order valence-electron chi connectivity index (χ0n) is 4.80. The first kappa shape index (κ1) is 6.68. The highest BCUT2D eigenvalue weighted by molar-refractivity contribution is 14.2. The molecule has 0 bridgehead atoms. The number of allylic oxidation sites excluding steroid dienone is 2. The van der Waals surface area contributed by atoms with Crippen LogP contribution in [-0.4, -0.2) is 5.75 Å². The second-order valence-corrected chi connectivity index (χ2v) is 9.26. The Morgan fingerprint density at radius 3 is 2.12 bits per heavy atom. The molecule has 2 heteroatoms. The first-order valence-electron chi connectivity index (χ1n) is 2.62. The Hall–Kier alpha value is 0.560. The molecule has 0 saturated heterocycles. The minimum atomic E-state index is -0.433. The molecule has 1 aliphatic heterocycles. The van der Waals surface area contributed by atoms with Gasteiger partial charge in [0.1, 0.15) is 0 Å². The highest BCUT2D eigenvalue weighted by atomic mass is 127. The van der Waals surface area contributed by atoms with Gasteiger partial charge in [0.15, 0.2) is 0 Å². The molecule has 0 unspecified atom stereocenters. The van der Waals surface area contributed by atoms with Crippen LogP contribution in [0.2, 0.25) is 0 Å². The molecule has 0 N–H and O–H groups in total. The van der Waals surface area contributed by atoms with Crippen LogP contribution in [0.4, 0.5) is 0 Å². The summed E-state index contributed by atoms with van der Waals surface area (Å²) in [6.45, 7) is 2.24. The first-order chi connectivity index (χ1) is 3.77. The molecule has 0 nitrogen and oxygen atoms in total. The van der Waals surface area contributed by atoms with Crippen molar-refractivity contribution in [1.82, 2.24) is 0 Å². The highest BCUT2D eigenvalue weighted by Crippen LogP contribution is 2.60. The molecule has 1 rings (SSSR count). The van der Waals surface area contributed by atoms with E-state index in [-0.39, 0.29) is 0 Å². The van der Waals surface area contributed by atoms with Gasteiger partial charge < -0.3 is 0 Å². The van der Waals surface area contributed by atoms with Gasteiger partial charge in [-0.05, 0) is 37.8 Å². The maximum Gasteiger partial charge on any atom is -0.0101 e. The quantitative estimate of drug-likeness (QED) is 0.617. The molecule has 0 spiro atoms. The lowest BCUT2D eigenvalue weighted by Gasteiger charge is -2.19. The summed E-state index contributed by atoms with van der Waals surface area (Å²) in [4.78, 5) is 0. The lowest BCUT2D eigenvalue weighted by molar-refractivity contribution is 1.53. The van der Waals surface area contributed by atoms with Gasteiger partial charge in [-0.3, -0.25) is 0 Å². The van der Waals surface area contributed by atoms with Gasteiger partial charge in [0.25, 0.3) is 0 Å². The molecule has 0 fully saturated rings. The smallest absolute Gasteiger partial charge is 0.0101 e. The van der Waals surface area contributed by atoms with Crippen LogP contribution in [0.5, 0.6) is 0 Å². The Morgan fingerprint density at radius 1 is 1.38 bits per heavy atom. The number of hydrogen-bond donors (Lipinski definition) is 0. The van der Waals surface area contributed by atoms with Crippen LogP contribution in [-0.2, 0) is 0 Å². The van der Waals surface area contributed by atoms with E-state index in [4.69, 9.17) is 0 Å². The third-order valence-electron chi connectivity index (χ3n) is 1.16. The Labute approximate surface area is 63.9 Å². The molecular weight excluding hydrogens is 231 g/mol. The van der Waals surface area contributed by atoms with E-state index in [1.165, 1.54) is 5.75 Å². The van der Waals surface area contributed by atoms with Crippen LogP contribution in [0.15, 0.2) is 23.0 Å². The Kier molecular flexibility index (Phi) is 2.03. The van der Waals surface area contributed by atoms with Gasteiger partial charge in [-0.1, -0.05) is 19.1 Å². The molecule has 0 amide bonds. The molecule has 1 aliphatic rings. The normalized spacial score (nSPS) is 26.2. The largest absolute Gasteiger partial charge is 0.147 e. The summed E-state index contributed by atoms with van der Waals surface area (Å²) in [6, 6.07) is 0. The molecule has 0 saturated carbocycles. The van der Waals surface area contributed by atoms with Gasteiger partial charge in [-0.15, -0.1) is 7.20 Å². The molecule has 0 aromatic carbocycles. The van der Waals surface area contributed by atoms with Crippen LogP contribution < -0.4 is 0 Å². The minimum absolute atomic E-state index is 0.433. The van der Waals surface area contributed by atoms with E-state index >= 15 is 0 Å². The van der Waals surface area contributed by atoms with Gasteiger partial charge in [-0.25, -0.2) is 0 Å². The molecule has 0 aliphatic carbocycles. The van der Waals surface area contributed by atoms with E-state index in [0.29, 0.717) is 0 Å². The third-order valence-corrected chi connectivity index (χ3v) is 6.90. The molecule has 0 aromatic rings. The van der Waals surface area contributed by atoms with Crippen molar-refractivity contribution in [3.63, 3.8) is 0 Å². The van der Waals surface area contributed by atoms with Crippen LogP contribution >= 0.6 is 28.4 Å². The second-order valence-electron chi connectivity index (χ2n) is 1.70. The highest BCUT2D eigenvalue weighted by Gasteiger charge is 2.11. The van der Waals surface area contributed by atoms with Gasteiger partial charge >= 0.3 is 0 Å². The van der Waals surface area contributed by atoms with Crippen molar-refractivity contribution in [1.29, 1.82) is 0 Å². The summed E-state index contributed by atoms with van der Waals surface area (Å²) in [5.74, 6) is 1.28. The Balaban J connectivity index is 2.69. The van der Waals surface area contributed by atoms with Crippen LogP contribution in [0.3, 0.4) is 0 Å². The van der Waals surface area contributed by atoms with Crippen molar-refractivity contribution in [2.45, 2.75) is 6.92 Å². The summed E-state index contributed by atoms with van der Waals surface area (Å²) in [7, 11) is -0.433. The molecule has 1 heterocycles. The van der Waals surface area contributed by atoms with E-state index in [2.05, 4.69) is 51.1 Å². The van der Waals surface area contributed by atoms with Crippen LogP contribution in [0.25, 0.3) is 0 Å². The van der Waals surface area contributed by atoms with Crippen molar-refractivity contribution in [2.75, 3.05) is 5.75 Å². The summed E-state index contributed by atoms with van der Waals surface area (Å²) >= 11 is 2.54. The van der Waals surface area contributed by atoms with Crippen molar-refractivity contribution in [3.05, 3.63) is 23.0 Å². The predicted octanol–water partition coefficient (Wildman–Crippen LogP) is 3.20. The van der Waals surface area contributed by atoms with Crippen LogP contribution in [0, 0.1) is 0 Å². The van der Waals surface area contributed by atoms with Crippen molar-refractivity contribution in [3.8, 4) is 0 Å². The standard InChI is InChI=1S/C6H9IS/c1-2-8(7)5-3-4-6-8/h3-6H,2H2,1H3. The third kappa shape index (κ3) is 1.29. The first-order valence-corrected chi connectivity index (χ1v) is 7.09. The van der Waals surface area contributed by atoms with Crippen molar-refractivity contribution < 1.29 is 0 Å². The average Bonchev–Trinajstić information content (AvgIpc) is 2.17. The Bertz CT molecular complexity index is 125. The van der Waals surface area contributed by atoms with E-state index < -0.39 is 7.20 Å². The maximum absolute atomic E-state index is 2.54.